The molecule has 108 valence electrons. The van der Waals surface area contributed by atoms with Gasteiger partial charge in [-0.3, -0.25) is 0 Å². The first-order chi connectivity index (χ1) is 9.45. The summed E-state index contributed by atoms with van der Waals surface area (Å²) in [6, 6.07) is 6.81. The maximum atomic E-state index is 13.8. The molecular weight excluding hydrogens is 283 g/mol. The number of hydrogen-bond donors (Lipinski definition) is 1. The first-order valence-electron chi connectivity index (χ1n) is 6.02. The molecule has 0 bridgehead atoms. The minimum Gasteiger partial charge on any atom is -0.468 e. The molecule has 1 aromatic heterocycles. The van der Waals surface area contributed by atoms with Crippen LogP contribution in [0, 0.1) is 5.82 Å². The van der Waals surface area contributed by atoms with Gasteiger partial charge in [-0.05, 0) is 30.3 Å². The fourth-order valence-electron chi connectivity index (χ4n) is 1.80. The van der Waals surface area contributed by atoms with Gasteiger partial charge in [0.25, 0.3) is 0 Å². The van der Waals surface area contributed by atoms with Crippen molar-refractivity contribution >= 4 is 15.7 Å². The summed E-state index contributed by atoms with van der Waals surface area (Å²) in [5.74, 6) is -0.336. The summed E-state index contributed by atoms with van der Waals surface area (Å²) in [5, 5.41) is 0. The van der Waals surface area contributed by atoms with E-state index in [1.165, 1.54) is 12.3 Å². The highest BCUT2D eigenvalue weighted by molar-refractivity contribution is 7.89. The molecule has 0 unspecified atom stereocenters. The van der Waals surface area contributed by atoms with Crippen LogP contribution in [0.4, 0.5) is 10.1 Å². The highest BCUT2D eigenvalue weighted by Crippen LogP contribution is 2.23. The highest BCUT2D eigenvalue weighted by atomic mass is 32.2. The van der Waals surface area contributed by atoms with Crippen LogP contribution in [-0.2, 0) is 16.6 Å². The number of halogens is 1. The number of nitrogens with two attached hydrogens (primary N) is 1. The molecule has 0 amide bonds. The van der Waals surface area contributed by atoms with Gasteiger partial charge in [0.1, 0.15) is 16.5 Å². The minimum atomic E-state index is -3.96. The zero-order valence-electron chi connectivity index (χ0n) is 10.9. The highest BCUT2D eigenvalue weighted by Gasteiger charge is 2.27. The number of furan rings is 1. The number of rotatable bonds is 5. The minimum absolute atomic E-state index is 0.0417. The van der Waals surface area contributed by atoms with Gasteiger partial charge in [-0.1, -0.05) is 6.92 Å². The van der Waals surface area contributed by atoms with Crippen molar-refractivity contribution in [3.8, 4) is 0 Å². The first kappa shape index (κ1) is 14.5. The molecule has 5 nitrogen and oxygen atoms in total. The van der Waals surface area contributed by atoms with E-state index in [-0.39, 0.29) is 18.8 Å². The van der Waals surface area contributed by atoms with E-state index >= 15 is 0 Å². The summed E-state index contributed by atoms with van der Waals surface area (Å²) in [4.78, 5) is -0.425. The van der Waals surface area contributed by atoms with Crippen LogP contribution in [0.3, 0.4) is 0 Å². The molecule has 0 atom stereocenters. The Bertz CT molecular complexity index is 684. The second-order valence-electron chi connectivity index (χ2n) is 4.20. The van der Waals surface area contributed by atoms with Crippen LogP contribution in [-0.4, -0.2) is 19.3 Å². The van der Waals surface area contributed by atoms with E-state index in [4.69, 9.17) is 10.2 Å². The van der Waals surface area contributed by atoms with Crippen molar-refractivity contribution in [2.24, 2.45) is 0 Å². The Kier molecular flexibility index (Phi) is 4.10. The fraction of sp³-hybridized carbons (Fsp3) is 0.231. The zero-order valence-corrected chi connectivity index (χ0v) is 11.7. The molecule has 0 spiro atoms. The molecule has 1 aromatic carbocycles. The maximum Gasteiger partial charge on any atom is 0.246 e. The number of anilines is 1. The lowest BCUT2D eigenvalue weighted by molar-refractivity contribution is 0.373. The van der Waals surface area contributed by atoms with E-state index in [1.54, 1.807) is 19.1 Å². The Balaban J connectivity index is 2.38. The molecule has 0 fully saturated rings. The predicted molar refractivity (Wildman–Crippen MR) is 72.8 cm³/mol. The van der Waals surface area contributed by atoms with Crippen molar-refractivity contribution in [3.63, 3.8) is 0 Å². The lowest BCUT2D eigenvalue weighted by Crippen LogP contribution is -2.31. The predicted octanol–water partition coefficient (Wildman–Crippen LogP) is 2.21. The first-order valence-corrected chi connectivity index (χ1v) is 7.46. The van der Waals surface area contributed by atoms with Crippen LogP contribution in [0.5, 0.6) is 0 Å². The molecule has 1 heterocycles. The van der Waals surface area contributed by atoms with Crippen LogP contribution in [0.1, 0.15) is 12.7 Å². The number of benzene rings is 1. The van der Waals surface area contributed by atoms with E-state index in [0.717, 1.165) is 16.4 Å². The van der Waals surface area contributed by atoms with E-state index in [0.29, 0.717) is 5.76 Å². The topological polar surface area (TPSA) is 76.5 Å². The Morgan fingerprint density at radius 2 is 2.10 bits per heavy atom. The summed E-state index contributed by atoms with van der Waals surface area (Å²) < 4.78 is 44.9. The molecule has 0 saturated carbocycles. The van der Waals surface area contributed by atoms with Crippen molar-refractivity contribution in [1.29, 1.82) is 0 Å². The number of nitrogen functional groups attached to an aromatic ring is 1. The maximum absolute atomic E-state index is 13.8. The van der Waals surface area contributed by atoms with Gasteiger partial charge in [-0.2, -0.15) is 4.31 Å². The molecule has 0 aliphatic heterocycles. The van der Waals surface area contributed by atoms with Gasteiger partial charge < -0.3 is 10.2 Å². The summed E-state index contributed by atoms with van der Waals surface area (Å²) in [7, 11) is -3.96. The largest absolute Gasteiger partial charge is 0.468 e. The van der Waals surface area contributed by atoms with Gasteiger partial charge in [0.05, 0.1) is 12.8 Å². The molecule has 0 aliphatic carbocycles. The van der Waals surface area contributed by atoms with Crippen molar-refractivity contribution in [2.45, 2.75) is 18.4 Å². The van der Waals surface area contributed by atoms with Gasteiger partial charge >= 0.3 is 0 Å². The van der Waals surface area contributed by atoms with E-state index in [1.807, 2.05) is 0 Å². The molecule has 0 saturated heterocycles. The van der Waals surface area contributed by atoms with Crippen LogP contribution in [0.2, 0.25) is 0 Å². The third-order valence-electron chi connectivity index (χ3n) is 2.84. The van der Waals surface area contributed by atoms with Crippen LogP contribution < -0.4 is 5.73 Å². The normalized spacial score (nSPS) is 11.9. The van der Waals surface area contributed by atoms with Gasteiger partial charge in [-0.25, -0.2) is 12.8 Å². The third kappa shape index (κ3) is 2.83. The second kappa shape index (κ2) is 5.64. The van der Waals surface area contributed by atoms with E-state index in [2.05, 4.69) is 0 Å². The van der Waals surface area contributed by atoms with Crippen molar-refractivity contribution < 1.29 is 17.2 Å². The van der Waals surface area contributed by atoms with Crippen molar-refractivity contribution in [1.82, 2.24) is 4.31 Å². The zero-order chi connectivity index (χ0) is 14.8. The Morgan fingerprint density at radius 3 is 2.70 bits per heavy atom. The number of hydrogen-bond acceptors (Lipinski definition) is 4. The van der Waals surface area contributed by atoms with Crippen LogP contribution >= 0.6 is 0 Å². The van der Waals surface area contributed by atoms with Crippen LogP contribution in [0.15, 0.2) is 45.9 Å². The van der Waals surface area contributed by atoms with Gasteiger partial charge in [0, 0.05) is 12.2 Å². The monoisotopic (exact) mass is 298 g/mol. The summed E-state index contributed by atoms with van der Waals surface area (Å²) in [6.07, 6.45) is 1.46. The SMILES string of the molecule is CCN(Cc1ccco1)S(=O)(=O)c1cc(N)ccc1F. The molecule has 20 heavy (non-hydrogen) atoms. The van der Waals surface area contributed by atoms with Gasteiger partial charge in [0.2, 0.25) is 10.0 Å². The number of sulfonamides is 1. The quantitative estimate of drug-likeness (QED) is 0.859. The van der Waals surface area contributed by atoms with Gasteiger partial charge in [-0.15, -0.1) is 0 Å². The van der Waals surface area contributed by atoms with Crippen LogP contribution in [0.25, 0.3) is 0 Å². The second-order valence-corrected chi connectivity index (χ2v) is 6.11. The number of nitrogens with zero attached hydrogens (tertiary/aromatic N) is 1. The Morgan fingerprint density at radius 1 is 1.35 bits per heavy atom. The molecule has 2 aromatic rings. The average molecular weight is 298 g/mol. The lowest BCUT2D eigenvalue weighted by atomic mass is 10.3. The molecule has 2 rings (SSSR count). The molecular formula is C13H15FN2O3S. The lowest BCUT2D eigenvalue weighted by Gasteiger charge is -2.19. The van der Waals surface area contributed by atoms with Crippen molar-refractivity contribution in [3.05, 3.63) is 48.2 Å². The molecule has 0 aliphatic rings. The summed E-state index contributed by atoms with van der Waals surface area (Å²) in [5.41, 5.74) is 5.73. The summed E-state index contributed by atoms with van der Waals surface area (Å²) in [6.45, 7) is 1.90. The van der Waals surface area contributed by atoms with Gasteiger partial charge in [0.15, 0.2) is 0 Å². The molecule has 7 heteroatoms. The summed E-state index contributed by atoms with van der Waals surface area (Å²) >= 11 is 0. The van der Waals surface area contributed by atoms with Crippen molar-refractivity contribution in [2.75, 3.05) is 12.3 Å². The third-order valence-corrected chi connectivity index (χ3v) is 4.77. The standard InChI is InChI=1S/C13H15FN2O3S/c1-2-16(9-11-4-3-7-19-11)20(17,18)13-8-10(15)5-6-12(13)14/h3-8H,2,9,15H2,1H3. The van der Waals surface area contributed by atoms with E-state index < -0.39 is 20.7 Å². The fourth-order valence-corrected chi connectivity index (χ4v) is 3.31. The Hall–Kier alpha value is -1.86. The van der Waals surface area contributed by atoms with E-state index in [9.17, 15) is 12.8 Å². The molecule has 0 radical (unpaired) electrons. The smallest absolute Gasteiger partial charge is 0.246 e. The molecule has 2 N–H and O–H groups in total. The average Bonchev–Trinajstić information content (AvgIpc) is 2.91. The Labute approximate surface area is 116 Å².